The maximum absolute atomic E-state index is 12.5. The molecule has 0 aliphatic carbocycles. The van der Waals surface area contributed by atoms with Crippen LogP contribution in [0.15, 0.2) is 18.2 Å². The SMILES string of the molecule is COCCCOc1cc(C[C@@H](C[C@@H]2CNC[C@H]2NC(=O)OCC2CCOCC2)C(C)C)ccc1OC. The summed E-state index contributed by atoms with van der Waals surface area (Å²) >= 11 is 0. The first-order valence-corrected chi connectivity index (χ1v) is 13.5. The van der Waals surface area contributed by atoms with E-state index in [2.05, 4.69) is 36.6 Å². The van der Waals surface area contributed by atoms with Gasteiger partial charge >= 0.3 is 6.09 Å². The Kier molecular flexibility index (Phi) is 12.1. The van der Waals surface area contributed by atoms with Gasteiger partial charge in [-0.25, -0.2) is 4.79 Å². The zero-order valence-corrected chi connectivity index (χ0v) is 22.6. The fourth-order valence-electron chi connectivity index (χ4n) is 5.08. The number of amides is 1. The summed E-state index contributed by atoms with van der Waals surface area (Å²) in [5.41, 5.74) is 1.24. The van der Waals surface area contributed by atoms with Gasteiger partial charge in [-0.05, 0) is 67.1 Å². The van der Waals surface area contributed by atoms with E-state index in [1.54, 1.807) is 14.2 Å². The summed E-state index contributed by atoms with van der Waals surface area (Å²) in [6, 6.07) is 6.32. The van der Waals surface area contributed by atoms with Crippen molar-refractivity contribution in [2.24, 2.45) is 23.7 Å². The molecule has 2 saturated heterocycles. The van der Waals surface area contributed by atoms with Gasteiger partial charge in [0.25, 0.3) is 0 Å². The molecule has 2 N–H and O–H groups in total. The standard InChI is InChI=1S/C28H46N2O6/c1-20(2)23(14-22-6-7-26(33-4)27(15-22)35-11-5-10-32-3)16-24-17-29-18-25(24)30-28(31)36-19-21-8-12-34-13-9-21/h6-7,15,20-21,23-25,29H,5,8-14,16-19H2,1-4H3,(H,30,31)/t23-,24+,25+/m0/s1. The first-order valence-electron chi connectivity index (χ1n) is 13.5. The van der Waals surface area contributed by atoms with Crippen molar-refractivity contribution in [2.75, 3.05) is 60.3 Å². The molecule has 0 aromatic heterocycles. The minimum atomic E-state index is -0.299. The van der Waals surface area contributed by atoms with Gasteiger partial charge in [0.05, 0.1) is 20.3 Å². The first-order chi connectivity index (χ1) is 17.5. The van der Waals surface area contributed by atoms with E-state index in [1.807, 2.05) is 6.07 Å². The lowest BCUT2D eigenvalue weighted by atomic mass is 9.80. The van der Waals surface area contributed by atoms with Crippen molar-refractivity contribution in [3.8, 4) is 11.5 Å². The molecule has 1 amide bonds. The van der Waals surface area contributed by atoms with Crippen LogP contribution in [-0.2, 0) is 20.6 Å². The lowest BCUT2D eigenvalue weighted by Crippen LogP contribution is -2.42. The molecule has 3 atom stereocenters. The molecule has 0 spiro atoms. The number of nitrogens with one attached hydrogen (secondary N) is 2. The minimum Gasteiger partial charge on any atom is -0.493 e. The Balaban J connectivity index is 1.54. The number of carbonyl (C=O) groups excluding carboxylic acids is 1. The lowest BCUT2D eigenvalue weighted by molar-refractivity contribution is 0.0371. The largest absolute Gasteiger partial charge is 0.493 e. The summed E-state index contributed by atoms with van der Waals surface area (Å²) in [6.45, 7) is 9.51. The topological polar surface area (TPSA) is 87.3 Å². The predicted octanol–water partition coefficient (Wildman–Crippen LogP) is 4.06. The summed E-state index contributed by atoms with van der Waals surface area (Å²) in [6.07, 6.45) is 4.44. The highest BCUT2D eigenvalue weighted by Crippen LogP contribution is 2.32. The van der Waals surface area contributed by atoms with E-state index < -0.39 is 0 Å². The number of hydrogen-bond donors (Lipinski definition) is 2. The number of methoxy groups -OCH3 is 2. The molecule has 0 saturated carbocycles. The minimum absolute atomic E-state index is 0.0870. The van der Waals surface area contributed by atoms with Crippen molar-refractivity contribution in [3.63, 3.8) is 0 Å². The Bertz CT molecular complexity index is 783. The Morgan fingerprint density at radius 2 is 1.94 bits per heavy atom. The predicted molar refractivity (Wildman–Crippen MR) is 140 cm³/mol. The quantitative estimate of drug-likeness (QED) is 0.368. The van der Waals surface area contributed by atoms with Crippen LogP contribution in [0.5, 0.6) is 11.5 Å². The van der Waals surface area contributed by atoms with Crippen LogP contribution in [0.1, 0.15) is 45.1 Å². The van der Waals surface area contributed by atoms with Crippen molar-refractivity contribution in [1.29, 1.82) is 0 Å². The molecule has 3 rings (SSSR count). The number of alkyl carbamates (subject to hydrolysis) is 1. The van der Waals surface area contributed by atoms with E-state index in [1.165, 1.54) is 5.56 Å². The Morgan fingerprint density at radius 3 is 2.67 bits per heavy atom. The van der Waals surface area contributed by atoms with Crippen LogP contribution in [0, 0.1) is 23.7 Å². The van der Waals surface area contributed by atoms with Gasteiger partial charge in [-0.1, -0.05) is 19.9 Å². The zero-order valence-electron chi connectivity index (χ0n) is 22.6. The second kappa shape index (κ2) is 15.3. The van der Waals surface area contributed by atoms with E-state index in [9.17, 15) is 4.79 Å². The van der Waals surface area contributed by atoms with Gasteiger partial charge < -0.3 is 34.3 Å². The molecule has 2 aliphatic heterocycles. The molecule has 8 nitrogen and oxygen atoms in total. The molecule has 0 unspecified atom stereocenters. The molecule has 1 aromatic rings. The average molecular weight is 507 g/mol. The van der Waals surface area contributed by atoms with Crippen molar-refractivity contribution in [2.45, 2.75) is 52.0 Å². The number of hydrogen-bond acceptors (Lipinski definition) is 7. The van der Waals surface area contributed by atoms with E-state index >= 15 is 0 Å². The second-order valence-corrected chi connectivity index (χ2v) is 10.4. The van der Waals surface area contributed by atoms with Gasteiger partial charge in [-0.15, -0.1) is 0 Å². The monoisotopic (exact) mass is 506 g/mol. The molecular formula is C28H46N2O6. The third kappa shape index (κ3) is 9.12. The molecule has 0 radical (unpaired) electrons. The fraction of sp³-hybridized carbons (Fsp3) is 0.750. The van der Waals surface area contributed by atoms with Crippen LogP contribution in [0.4, 0.5) is 4.79 Å². The molecule has 8 heteroatoms. The van der Waals surface area contributed by atoms with Crippen LogP contribution in [0.25, 0.3) is 0 Å². The maximum Gasteiger partial charge on any atom is 0.407 e. The van der Waals surface area contributed by atoms with E-state index in [-0.39, 0.29) is 12.1 Å². The summed E-state index contributed by atoms with van der Waals surface area (Å²) in [7, 11) is 3.37. The molecular weight excluding hydrogens is 460 g/mol. The van der Waals surface area contributed by atoms with Gasteiger partial charge in [0.1, 0.15) is 0 Å². The van der Waals surface area contributed by atoms with Crippen LogP contribution >= 0.6 is 0 Å². The van der Waals surface area contributed by atoms with Crippen molar-refractivity contribution >= 4 is 6.09 Å². The van der Waals surface area contributed by atoms with Crippen LogP contribution in [-0.4, -0.2) is 72.5 Å². The highest BCUT2D eigenvalue weighted by molar-refractivity contribution is 5.67. The number of benzene rings is 1. The van der Waals surface area contributed by atoms with Crippen molar-refractivity contribution in [3.05, 3.63) is 23.8 Å². The van der Waals surface area contributed by atoms with Crippen molar-refractivity contribution < 1.29 is 28.5 Å². The van der Waals surface area contributed by atoms with Gasteiger partial charge in [0.2, 0.25) is 0 Å². The van der Waals surface area contributed by atoms with E-state index in [4.69, 9.17) is 23.7 Å². The molecule has 36 heavy (non-hydrogen) atoms. The molecule has 2 fully saturated rings. The second-order valence-electron chi connectivity index (χ2n) is 10.4. The van der Waals surface area contributed by atoms with Crippen molar-refractivity contribution in [1.82, 2.24) is 10.6 Å². The van der Waals surface area contributed by atoms with E-state index in [0.717, 1.165) is 69.9 Å². The molecule has 0 bridgehead atoms. The van der Waals surface area contributed by atoms with Gasteiger partial charge in [0, 0.05) is 52.5 Å². The normalized spacial score (nSPS) is 21.4. The maximum atomic E-state index is 12.5. The lowest BCUT2D eigenvalue weighted by Gasteiger charge is -2.28. The van der Waals surface area contributed by atoms with Gasteiger partial charge in [-0.2, -0.15) is 0 Å². The zero-order chi connectivity index (χ0) is 25.8. The van der Waals surface area contributed by atoms with Gasteiger partial charge in [0.15, 0.2) is 11.5 Å². The summed E-state index contributed by atoms with van der Waals surface area (Å²) in [4.78, 5) is 12.5. The first kappa shape index (κ1) is 28.5. The third-order valence-corrected chi connectivity index (χ3v) is 7.46. The number of rotatable bonds is 14. The highest BCUT2D eigenvalue weighted by Gasteiger charge is 2.32. The highest BCUT2D eigenvalue weighted by atomic mass is 16.5. The fourth-order valence-corrected chi connectivity index (χ4v) is 5.08. The van der Waals surface area contributed by atoms with Crippen LogP contribution in [0.3, 0.4) is 0 Å². The molecule has 2 aliphatic rings. The number of carbonyl (C=O) groups is 1. The van der Waals surface area contributed by atoms with Crippen LogP contribution < -0.4 is 20.1 Å². The van der Waals surface area contributed by atoms with Gasteiger partial charge in [-0.3, -0.25) is 0 Å². The van der Waals surface area contributed by atoms with Crippen LogP contribution in [0.2, 0.25) is 0 Å². The summed E-state index contributed by atoms with van der Waals surface area (Å²) < 4.78 is 27.6. The summed E-state index contributed by atoms with van der Waals surface area (Å²) in [5, 5.41) is 6.60. The number of ether oxygens (including phenoxy) is 5. The third-order valence-electron chi connectivity index (χ3n) is 7.46. The summed E-state index contributed by atoms with van der Waals surface area (Å²) in [5.74, 6) is 3.30. The molecule has 204 valence electrons. The smallest absolute Gasteiger partial charge is 0.407 e. The molecule has 1 aromatic carbocycles. The van der Waals surface area contributed by atoms with E-state index in [0.29, 0.717) is 43.5 Å². The Labute approximate surface area is 216 Å². The Morgan fingerprint density at radius 1 is 1.14 bits per heavy atom. The average Bonchev–Trinajstić information content (AvgIpc) is 3.32. The Hall–Kier alpha value is -2.03. The molecule has 2 heterocycles.